The first-order chi connectivity index (χ1) is 15.5. The van der Waals surface area contributed by atoms with Crippen LogP contribution in [0, 0.1) is 0 Å². The monoisotopic (exact) mass is 594 g/mol. The standard InChI is InChI=1S/C20H21.C10H11NSi.2ClH.Zr/c1-14-12-16-6-5-7-18(19(16)13-14)15-8-10-17(11-9-15)20(2,3)4;1-6-9-7-4-11-5-8(7)10(6)12(9,2)3;;;/h5-13H,1-4H3;4-5H,1-3H3;2*1H;/q;;;;+2/p-2. The average molecular weight is 597 g/mol. The SMILES string of the molecule is CC1=C2C3=CN=CC3=C1[Si]2(C)C.CC1=Cc2c(-c3ccc(C(C)(C)C)cc3)cccc2[CH]1[Zr+2].[Cl-].[Cl-]. The molecule has 179 valence electrons. The summed E-state index contributed by atoms with van der Waals surface area (Å²) in [6.07, 6.45) is 6.44. The first-order valence-corrected chi connectivity index (χ1v) is 16.3. The van der Waals surface area contributed by atoms with Crippen molar-refractivity contribution < 1.29 is 49.5 Å². The van der Waals surface area contributed by atoms with Gasteiger partial charge in [-0.1, -0.05) is 18.7 Å². The van der Waals surface area contributed by atoms with E-state index >= 15 is 0 Å². The van der Waals surface area contributed by atoms with Gasteiger partial charge in [-0.05, 0) is 17.3 Å². The summed E-state index contributed by atoms with van der Waals surface area (Å²) in [5.74, 6) is 0. The Morgan fingerprint density at radius 2 is 1.57 bits per heavy atom. The zero-order valence-electron chi connectivity index (χ0n) is 21.6. The van der Waals surface area contributed by atoms with Crippen molar-refractivity contribution in [1.29, 1.82) is 0 Å². The number of nitrogens with zero attached hydrogens (tertiary/aromatic N) is 1. The van der Waals surface area contributed by atoms with Crippen molar-refractivity contribution in [2.45, 2.75) is 56.8 Å². The van der Waals surface area contributed by atoms with Gasteiger partial charge in [-0.25, -0.2) is 0 Å². The van der Waals surface area contributed by atoms with E-state index in [-0.39, 0.29) is 30.2 Å². The van der Waals surface area contributed by atoms with E-state index in [1.165, 1.54) is 44.5 Å². The molecule has 35 heavy (non-hydrogen) atoms. The van der Waals surface area contributed by atoms with Gasteiger partial charge >= 0.3 is 143 Å². The molecule has 0 spiro atoms. The minimum Gasteiger partial charge on any atom is -1.00 e. The molecule has 0 saturated carbocycles. The summed E-state index contributed by atoms with van der Waals surface area (Å²) in [6.45, 7) is 16.2. The van der Waals surface area contributed by atoms with Gasteiger partial charge in [-0.3, -0.25) is 4.99 Å². The number of aliphatic imine (C=N–C) groups is 1. The molecular weight excluding hydrogens is 565 g/mol. The topological polar surface area (TPSA) is 12.4 Å². The van der Waals surface area contributed by atoms with Crippen LogP contribution in [0.3, 0.4) is 0 Å². The normalized spacial score (nSPS) is 20.1. The molecule has 2 aromatic rings. The van der Waals surface area contributed by atoms with Crippen LogP contribution in [0.1, 0.15) is 54.9 Å². The molecule has 0 radical (unpaired) electrons. The summed E-state index contributed by atoms with van der Waals surface area (Å²) in [6, 6.07) is 15.8. The van der Waals surface area contributed by atoms with Crippen molar-refractivity contribution in [2.24, 2.45) is 4.99 Å². The summed E-state index contributed by atoms with van der Waals surface area (Å²) in [7, 11) is -1.11. The first kappa shape index (κ1) is 28.3. The molecule has 0 amide bonds. The van der Waals surface area contributed by atoms with Crippen molar-refractivity contribution in [2.75, 3.05) is 0 Å². The second kappa shape index (κ2) is 9.90. The van der Waals surface area contributed by atoms with E-state index in [0.717, 1.165) is 0 Å². The van der Waals surface area contributed by atoms with Gasteiger partial charge in [0.1, 0.15) is 8.07 Å². The molecule has 2 aliphatic carbocycles. The summed E-state index contributed by atoms with van der Waals surface area (Å²) in [5.41, 5.74) is 13.2. The van der Waals surface area contributed by atoms with E-state index in [1.807, 2.05) is 12.4 Å². The van der Waals surface area contributed by atoms with E-state index in [1.54, 1.807) is 40.7 Å². The summed E-state index contributed by atoms with van der Waals surface area (Å²) in [4.78, 5) is 4.19. The molecule has 5 heteroatoms. The van der Waals surface area contributed by atoms with E-state index in [4.69, 9.17) is 0 Å². The van der Waals surface area contributed by atoms with Gasteiger partial charge in [0.2, 0.25) is 0 Å². The third-order valence-corrected chi connectivity index (χ3v) is 13.2. The van der Waals surface area contributed by atoms with Crippen LogP contribution in [0.4, 0.5) is 0 Å². The van der Waals surface area contributed by atoms with Crippen LogP contribution in [-0.2, 0) is 30.1 Å². The van der Waals surface area contributed by atoms with E-state index in [2.05, 4.69) is 101 Å². The molecule has 1 nitrogen and oxygen atoms in total. The third kappa shape index (κ3) is 4.52. The number of rotatable bonds is 1. The van der Waals surface area contributed by atoms with Crippen molar-refractivity contribution in [1.82, 2.24) is 0 Å². The van der Waals surface area contributed by atoms with Crippen molar-refractivity contribution in [3.8, 4) is 11.1 Å². The maximum absolute atomic E-state index is 4.19. The molecule has 2 aromatic carbocycles. The van der Waals surface area contributed by atoms with Crippen LogP contribution in [0.15, 0.2) is 86.3 Å². The quantitative estimate of drug-likeness (QED) is 0.447. The van der Waals surface area contributed by atoms with Gasteiger partial charge in [-0.2, -0.15) is 0 Å². The third-order valence-electron chi connectivity index (χ3n) is 7.58. The van der Waals surface area contributed by atoms with E-state index < -0.39 is 8.07 Å². The maximum Gasteiger partial charge on any atom is -1.00 e. The number of fused-ring (bicyclic) bond motifs is 1. The molecule has 0 aromatic heterocycles. The Kier molecular flexibility index (Phi) is 8.01. The van der Waals surface area contributed by atoms with E-state index in [0.29, 0.717) is 3.63 Å². The fourth-order valence-electron chi connectivity index (χ4n) is 5.88. The molecule has 0 N–H and O–H groups in total. The number of allylic oxidation sites excluding steroid dienone is 6. The summed E-state index contributed by atoms with van der Waals surface area (Å²) in [5, 5.41) is 3.31. The second-order valence-corrected chi connectivity index (χ2v) is 16.9. The van der Waals surface area contributed by atoms with Crippen LogP contribution in [-0.4, -0.2) is 14.3 Å². The minimum atomic E-state index is -1.11. The Morgan fingerprint density at radius 1 is 0.914 bits per heavy atom. The minimum absolute atomic E-state index is 0. The van der Waals surface area contributed by atoms with Gasteiger partial charge in [0.25, 0.3) is 0 Å². The maximum atomic E-state index is 4.19. The van der Waals surface area contributed by atoms with E-state index in [9.17, 15) is 0 Å². The van der Waals surface area contributed by atoms with Gasteiger partial charge in [0, 0.05) is 23.6 Å². The molecular formula is C30H32Cl2NSiZr. The predicted molar refractivity (Wildman–Crippen MR) is 141 cm³/mol. The molecule has 1 atom stereocenters. The Balaban J connectivity index is 0.000000208. The fourth-order valence-corrected chi connectivity index (χ4v) is 10.6. The Hall–Kier alpha value is -1.25. The van der Waals surface area contributed by atoms with Crippen molar-refractivity contribution in [3.05, 3.63) is 98.0 Å². The molecule has 2 bridgehead atoms. The molecule has 0 fully saturated rings. The van der Waals surface area contributed by atoms with Crippen LogP contribution in [0.5, 0.6) is 0 Å². The van der Waals surface area contributed by atoms with Gasteiger partial charge in [0.05, 0.1) is 0 Å². The molecule has 0 saturated heterocycles. The Labute approximate surface area is 239 Å². The van der Waals surface area contributed by atoms with Gasteiger partial charge in [-0.15, -0.1) is 0 Å². The van der Waals surface area contributed by atoms with Crippen LogP contribution >= 0.6 is 0 Å². The molecule has 3 heterocycles. The van der Waals surface area contributed by atoms with Crippen LogP contribution in [0.2, 0.25) is 13.1 Å². The first-order valence-electron chi connectivity index (χ1n) is 11.9. The Bertz CT molecular complexity index is 1340. The predicted octanol–water partition coefficient (Wildman–Crippen LogP) is 2.05. The fraction of sp³-hybridized carbons (Fsp3) is 0.300. The van der Waals surface area contributed by atoms with Crippen LogP contribution in [0.25, 0.3) is 17.2 Å². The summed E-state index contributed by atoms with van der Waals surface area (Å²) >= 11 is 1.58. The Morgan fingerprint density at radius 3 is 2.14 bits per heavy atom. The van der Waals surface area contributed by atoms with Crippen LogP contribution < -0.4 is 24.8 Å². The van der Waals surface area contributed by atoms with Crippen molar-refractivity contribution >= 4 is 20.4 Å². The average Bonchev–Trinajstić information content (AvgIpc) is 3.45. The molecule has 3 aliphatic heterocycles. The smallest absolute Gasteiger partial charge is 1.00 e. The zero-order valence-corrected chi connectivity index (χ0v) is 26.5. The molecule has 5 aliphatic rings. The van der Waals surface area contributed by atoms with Gasteiger partial charge in [0.15, 0.2) is 0 Å². The zero-order chi connectivity index (χ0) is 23.7. The number of halogens is 2. The molecule has 1 unspecified atom stereocenters. The number of hydrogen-bond acceptors (Lipinski definition) is 1. The second-order valence-electron chi connectivity index (χ2n) is 11.2. The number of benzene rings is 2. The van der Waals surface area contributed by atoms with Crippen molar-refractivity contribution in [3.63, 3.8) is 0 Å². The summed E-state index contributed by atoms with van der Waals surface area (Å²) < 4.78 is 0.640. The largest absolute Gasteiger partial charge is 1.00 e. The van der Waals surface area contributed by atoms with Gasteiger partial charge < -0.3 is 24.8 Å². The number of hydrogen-bond donors (Lipinski definition) is 0. The molecule has 7 rings (SSSR count).